The Labute approximate surface area is 117 Å². The Hall–Kier alpha value is -1.95. The van der Waals surface area contributed by atoms with Gasteiger partial charge in [0.05, 0.1) is 4.92 Å². The first-order valence-electron chi connectivity index (χ1n) is 6.68. The second kappa shape index (κ2) is 5.58. The normalized spacial score (nSPS) is 22.6. The molecule has 2 rings (SSSR count). The molecule has 1 heterocycles. The molecule has 6 nitrogen and oxygen atoms in total. The molecule has 2 atom stereocenters. The van der Waals surface area contributed by atoms with E-state index in [1.165, 1.54) is 12.1 Å². The number of piperazine rings is 1. The number of amides is 1. The molecule has 0 radical (unpaired) electrons. The van der Waals surface area contributed by atoms with Gasteiger partial charge in [0.2, 0.25) is 0 Å². The summed E-state index contributed by atoms with van der Waals surface area (Å²) in [6.07, 6.45) is 0. The summed E-state index contributed by atoms with van der Waals surface area (Å²) in [5.41, 5.74) is 1.07. The highest BCUT2D eigenvalue weighted by Gasteiger charge is 2.26. The van der Waals surface area contributed by atoms with Gasteiger partial charge in [-0.15, -0.1) is 0 Å². The van der Waals surface area contributed by atoms with Crippen molar-refractivity contribution in [1.82, 2.24) is 10.2 Å². The Morgan fingerprint density at radius 3 is 2.45 bits per heavy atom. The Morgan fingerprint density at radius 2 is 1.90 bits per heavy atom. The predicted octanol–water partition coefficient (Wildman–Crippen LogP) is 1.73. The van der Waals surface area contributed by atoms with Crippen molar-refractivity contribution in [3.63, 3.8) is 0 Å². The quantitative estimate of drug-likeness (QED) is 0.659. The van der Waals surface area contributed by atoms with E-state index in [1.807, 2.05) is 13.8 Å². The number of hydrogen-bond donors (Lipinski definition) is 1. The average Bonchev–Trinajstić information content (AvgIpc) is 2.35. The monoisotopic (exact) mass is 277 g/mol. The van der Waals surface area contributed by atoms with Gasteiger partial charge < -0.3 is 10.2 Å². The van der Waals surface area contributed by atoms with Crippen LogP contribution in [0.3, 0.4) is 0 Å². The van der Waals surface area contributed by atoms with E-state index in [4.69, 9.17) is 0 Å². The second-order valence-electron chi connectivity index (χ2n) is 5.49. The molecule has 0 spiro atoms. The number of hydrogen-bond acceptors (Lipinski definition) is 4. The number of carbonyl (C=O) groups is 1. The fourth-order valence-corrected chi connectivity index (χ4v) is 2.67. The first-order valence-corrected chi connectivity index (χ1v) is 6.68. The molecule has 1 amide bonds. The van der Waals surface area contributed by atoms with E-state index >= 15 is 0 Å². The van der Waals surface area contributed by atoms with Gasteiger partial charge in [-0.2, -0.15) is 0 Å². The van der Waals surface area contributed by atoms with Crippen LogP contribution in [0.1, 0.15) is 29.8 Å². The smallest absolute Gasteiger partial charge is 0.270 e. The highest BCUT2D eigenvalue weighted by atomic mass is 16.6. The lowest BCUT2D eigenvalue weighted by atomic mass is 10.1. The van der Waals surface area contributed by atoms with E-state index in [0.717, 1.165) is 5.56 Å². The van der Waals surface area contributed by atoms with Crippen LogP contribution in [0.25, 0.3) is 0 Å². The van der Waals surface area contributed by atoms with Crippen LogP contribution < -0.4 is 5.32 Å². The summed E-state index contributed by atoms with van der Waals surface area (Å²) in [6, 6.07) is 4.98. The highest BCUT2D eigenvalue weighted by molar-refractivity contribution is 5.95. The summed E-state index contributed by atoms with van der Waals surface area (Å²) in [6.45, 7) is 7.03. The number of benzene rings is 1. The van der Waals surface area contributed by atoms with E-state index in [1.54, 1.807) is 17.9 Å². The molecule has 1 saturated heterocycles. The van der Waals surface area contributed by atoms with Crippen LogP contribution in [0.5, 0.6) is 0 Å². The molecule has 2 unspecified atom stereocenters. The minimum absolute atomic E-state index is 0.0374. The maximum atomic E-state index is 12.5. The Morgan fingerprint density at radius 1 is 1.30 bits per heavy atom. The van der Waals surface area contributed by atoms with E-state index in [0.29, 0.717) is 18.7 Å². The molecule has 108 valence electrons. The molecular formula is C14H19N3O3. The van der Waals surface area contributed by atoms with E-state index in [2.05, 4.69) is 5.32 Å². The zero-order valence-electron chi connectivity index (χ0n) is 11.9. The number of aryl methyl sites for hydroxylation is 1. The van der Waals surface area contributed by atoms with Crippen molar-refractivity contribution >= 4 is 11.6 Å². The third-order valence-corrected chi connectivity index (χ3v) is 3.36. The third kappa shape index (κ3) is 3.14. The van der Waals surface area contributed by atoms with Gasteiger partial charge >= 0.3 is 0 Å². The zero-order chi connectivity index (χ0) is 14.9. The Bertz CT molecular complexity index is 534. The van der Waals surface area contributed by atoms with Crippen LogP contribution >= 0.6 is 0 Å². The molecule has 1 aromatic carbocycles. The van der Waals surface area contributed by atoms with Crippen molar-refractivity contribution in [2.75, 3.05) is 13.1 Å². The minimum atomic E-state index is -0.465. The number of nitrogens with one attached hydrogen (secondary N) is 1. The van der Waals surface area contributed by atoms with Crippen LogP contribution in [0.15, 0.2) is 18.2 Å². The fourth-order valence-electron chi connectivity index (χ4n) is 2.67. The van der Waals surface area contributed by atoms with E-state index in [-0.39, 0.29) is 23.7 Å². The average molecular weight is 277 g/mol. The van der Waals surface area contributed by atoms with Gasteiger partial charge in [-0.25, -0.2) is 0 Å². The summed E-state index contributed by atoms with van der Waals surface area (Å²) in [7, 11) is 0. The molecule has 1 aromatic rings. The van der Waals surface area contributed by atoms with Gasteiger partial charge in [0.1, 0.15) is 0 Å². The van der Waals surface area contributed by atoms with Crippen LogP contribution in [0, 0.1) is 17.0 Å². The molecule has 1 N–H and O–H groups in total. The van der Waals surface area contributed by atoms with Crippen molar-refractivity contribution in [3.8, 4) is 0 Å². The molecule has 6 heteroatoms. The molecule has 0 saturated carbocycles. The Balaban J connectivity index is 2.26. The summed E-state index contributed by atoms with van der Waals surface area (Å²) in [5.74, 6) is -0.142. The number of non-ortho nitro benzene ring substituents is 1. The lowest BCUT2D eigenvalue weighted by Crippen LogP contribution is -2.55. The third-order valence-electron chi connectivity index (χ3n) is 3.36. The number of rotatable bonds is 2. The van der Waals surface area contributed by atoms with Gasteiger partial charge in [-0.1, -0.05) is 0 Å². The summed E-state index contributed by atoms with van der Waals surface area (Å²) in [5, 5.41) is 14.2. The molecule has 0 aliphatic carbocycles. The number of nitro groups is 1. The molecule has 0 bridgehead atoms. The largest absolute Gasteiger partial charge is 0.336 e. The number of nitrogens with zero attached hydrogens (tertiary/aromatic N) is 2. The SMILES string of the molecule is Cc1cc(C(=O)N2CC(C)NC(C)C2)cc([N+](=O)[O-])c1. The van der Waals surface area contributed by atoms with Gasteiger partial charge in [0.15, 0.2) is 0 Å². The zero-order valence-corrected chi connectivity index (χ0v) is 11.9. The van der Waals surface area contributed by atoms with Gasteiger partial charge in [0.25, 0.3) is 11.6 Å². The lowest BCUT2D eigenvalue weighted by molar-refractivity contribution is -0.384. The maximum absolute atomic E-state index is 12.5. The number of carbonyl (C=O) groups excluding carboxylic acids is 1. The molecular weight excluding hydrogens is 258 g/mol. The van der Waals surface area contributed by atoms with Crippen molar-refractivity contribution in [3.05, 3.63) is 39.4 Å². The standard InChI is InChI=1S/C14H19N3O3/c1-9-4-12(6-13(5-9)17(19)20)14(18)16-7-10(2)15-11(3)8-16/h4-6,10-11,15H,7-8H2,1-3H3. The van der Waals surface area contributed by atoms with Crippen molar-refractivity contribution < 1.29 is 9.72 Å². The van der Waals surface area contributed by atoms with Crippen LogP contribution in [-0.2, 0) is 0 Å². The van der Waals surface area contributed by atoms with Crippen molar-refractivity contribution in [2.24, 2.45) is 0 Å². The van der Waals surface area contributed by atoms with Crippen LogP contribution in [0.2, 0.25) is 0 Å². The summed E-state index contributed by atoms with van der Waals surface area (Å²) >= 11 is 0. The van der Waals surface area contributed by atoms with Crippen LogP contribution in [-0.4, -0.2) is 40.9 Å². The molecule has 1 aliphatic heterocycles. The molecule has 0 aromatic heterocycles. The van der Waals surface area contributed by atoms with Crippen LogP contribution in [0.4, 0.5) is 5.69 Å². The first kappa shape index (κ1) is 14.5. The minimum Gasteiger partial charge on any atom is -0.336 e. The summed E-state index contributed by atoms with van der Waals surface area (Å²) in [4.78, 5) is 24.7. The van der Waals surface area contributed by atoms with E-state index in [9.17, 15) is 14.9 Å². The molecule has 20 heavy (non-hydrogen) atoms. The highest BCUT2D eigenvalue weighted by Crippen LogP contribution is 2.19. The predicted molar refractivity (Wildman–Crippen MR) is 75.8 cm³/mol. The fraction of sp³-hybridized carbons (Fsp3) is 0.500. The van der Waals surface area contributed by atoms with Crippen molar-refractivity contribution in [2.45, 2.75) is 32.9 Å². The van der Waals surface area contributed by atoms with Crippen molar-refractivity contribution in [1.29, 1.82) is 0 Å². The topological polar surface area (TPSA) is 75.5 Å². The van der Waals surface area contributed by atoms with Gasteiger partial charge in [0, 0.05) is 42.9 Å². The first-order chi connectivity index (χ1) is 9.36. The number of nitro benzene ring substituents is 1. The summed E-state index contributed by atoms with van der Waals surface area (Å²) < 4.78 is 0. The lowest BCUT2D eigenvalue weighted by Gasteiger charge is -2.36. The van der Waals surface area contributed by atoms with E-state index < -0.39 is 4.92 Å². The maximum Gasteiger partial charge on any atom is 0.270 e. The Kier molecular flexibility index (Phi) is 4.04. The van der Waals surface area contributed by atoms with Gasteiger partial charge in [-0.05, 0) is 32.4 Å². The molecule has 1 fully saturated rings. The second-order valence-corrected chi connectivity index (χ2v) is 5.49. The molecule has 1 aliphatic rings. The van der Waals surface area contributed by atoms with Gasteiger partial charge in [-0.3, -0.25) is 14.9 Å².